The van der Waals surface area contributed by atoms with Crippen LogP contribution in [0.1, 0.15) is 19.3 Å². The van der Waals surface area contributed by atoms with Crippen molar-refractivity contribution in [3.8, 4) is 17.2 Å². The quantitative estimate of drug-likeness (QED) is 0.433. The number of aliphatic hydroxyl groups excluding tert-OH is 1. The molecule has 37 heavy (non-hydrogen) atoms. The lowest BCUT2D eigenvalue weighted by molar-refractivity contribution is -0.274. The number of alkyl halides is 3. The molecule has 7 nitrogen and oxygen atoms in total. The van der Waals surface area contributed by atoms with Crippen LogP contribution in [-0.4, -0.2) is 38.1 Å². The predicted octanol–water partition coefficient (Wildman–Crippen LogP) is 5.23. The van der Waals surface area contributed by atoms with E-state index in [0.717, 1.165) is 24.3 Å². The first-order valence-corrected chi connectivity index (χ1v) is 12.9. The Balaban J connectivity index is 1.41. The number of para-hydroxylation sites is 2. The Morgan fingerprint density at radius 2 is 1.68 bits per heavy atom. The number of rotatable bonds is 5. The zero-order valence-electron chi connectivity index (χ0n) is 19.2. The number of nitrogens with zero attached hydrogens (tertiary/aromatic N) is 1. The minimum absolute atomic E-state index is 0.277. The van der Waals surface area contributed by atoms with Crippen LogP contribution in [0.4, 0.5) is 28.9 Å². The third-order valence-corrected chi connectivity index (χ3v) is 7.86. The smallest absolute Gasteiger partial charge is 0.453 e. The summed E-state index contributed by atoms with van der Waals surface area (Å²) >= 11 is 0. The Morgan fingerprint density at radius 1 is 0.973 bits per heavy atom. The summed E-state index contributed by atoms with van der Waals surface area (Å²) in [5.74, 6) is -0.137. The first-order chi connectivity index (χ1) is 17.5. The molecule has 5 rings (SSSR count). The molecule has 0 aromatic heterocycles. The summed E-state index contributed by atoms with van der Waals surface area (Å²) in [6.07, 6.45) is -4.73. The maximum Gasteiger partial charge on any atom is 0.573 e. The highest BCUT2D eigenvalue weighted by Gasteiger charge is 2.41. The van der Waals surface area contributed by atoms with Crippen molar-refractivity contribution < 1.29 is 40.6 Å². The van der Waals surface area contributed by atoms with Crippen molar-refractivity contribution in [1.82, 2.24) is 4.72 Å². The largest absolute Gasteiger partial charge is 0.573 e. The summed E-state index contributed by atoms with van der Waals surface area (Å²) in [4.78, 5) is 1.49. The van der Waals surface area contributed by atoms with Crippen molar-refractivity contribution in [1.29, 1.82) is 0 Å². The maximum absolute atomic E-state index is 14.2. The van der Waals surface area contributed by atoms with Crippen LogP contribution in [0.25, 0.3) is 0 Å². The number of sulfonamides is 1. The number of ether oxygens (including phenoxy) is 2. The van der Waals surface area contributed by atoms with Crippen LogP contribution in [0.2, 0.25) is 0 Å². The second-order valence-electron chi connectivity index (χ2n) is 8.79. The van der Waals surface area contributed by atoms with E-state index in [1.165, 1.54) is 18.2 Å². The van der Waals surface area contributed by atoms with E-state index in [0.29, 0.717) is 42.1 Å². The second kappa shape index (κ2) is 9.51. The second-order valence-corrected chi connectivity index (χ2v) is 10.5. The highest BCUT2D eigenvalue weighted by molar-refractivity contribution is 7.89. The molecule has 1 aliphatic carbocycles. The standard InChI is InChI=1S/C25H22F4N2O5S/c26-15-8-13-23-21(14-15)31(19-5-1-2-7-22(19)35-23)20-6-3-4-18(24(20)32)30-37(33,34)17-11-9-16(10-12-17)36-25(27,28)29/h1-2,5,7-14,18,20,24,30,32H,3-4,6H2/t18?,20?,24-/m0/s1. The molecule has 2 N–H and O–H groups in total. The third kappa shape index (κ3) is 5.22. The first-order valence-electron chi connectivity index (χ1n) is 11.4. The normalized spacial score (nSPS) is 21.5. The van der Waals surface area contributed by atoms with E-state index in [4.69, 9.17) is 4.74 Å². The van der Waals surface area contributed by atoms with E-state index in [-0.39, 0.29) is 4.90 Å². The van der Waals surface area contributed by atoms with Crippen molar-refractivity contribution in [2.45, 2.75) is 48.7 Å². The van der Waals surface area contributed by atoms with Gasteiger partial charge >= 0.3 is 6.36 Å². The monoisotopic (exact) mass is 538 g/mol. The van der Waals surface area contributed by atoms with Crippen LogP contribution >= 0.6 is 0 Å². The highest BCUT2D eigenvalue weighted by Crippen LogP contribution is 2.49. The molecule has 196 valence electrons. The van der Waals surface area contributed by atoms with Crippen LogP contribution in [0, 0.1) is 5.82 Å². The van der Waals surface area contributed by atoms with Gasteiger partial charge < -0.3 is 19.5 Å². The molecule has 0 spiro atoms. The van der Waals surface area contributed by atoms with Gasteiger partial charge in [0.1, 0.15) is 11.6 Å². The topological polar surface area (TPSA) is 88.1 Å². The summed E-state index contributed by atoms with van der Waals surface area (Å²) in [5, 5.41) is 11.3. The van der Waals surface area contributed by atoms with Crippen molar-refractivity contribution in [3.05, 3.63) is 72.5 Å². The summed E-state index contributed by atoms with van der Waals surface area (Å²) in [6.45, 7) is 0. The van der Waals surface area contributed by atoms with Gasteiger partial charge in [0.2, 0.25) is 10.0 Å². The number of halogens is 4. The highest BCUT2D eigenvalue weighted by atomic mass is 32.2. The van der Waals surface area contributed by atoms with Gasteiger partial charge in [-0.05, 0) is 67.8 Å². The molecule has 0 saturated heterocycles. The van der Waals surface area contributed by atoms with Crippen LogP contribution < -0.4 is 19.1 Å². The average Bonchev–Trinajstić information content (AvgIpc) is 2.83. The lowest BCUT2D eigenvalue weighted by Crippen LogP contribution is -2.56. The van der Waals surface area contributed by atoms with Gasteiger partial charge in [-0.15, -0.1) is 13.2 Å². The molecule has 3 aromatic rings. The summed E-state index contributed by atoms with van der Waals surface area (Å²) in [7, 11) is -4.19. The zero-order valence-corrected chi connectivity index (χ0v) is 20.0. The molecule has 2 unspecified atom stereocenters. The molecular formula is C25H22F4N2O5S. The SMILES string of the molecule is O=S(=O)(NC1CCCC(N2c3ccccc3Oc3ccc(F)cc32)[C@H]1O)c1ccc(OC(F)(F)F)cc1. The Kier molecular flexibility index (Phi) is 6.50. The molecule has 1 saturated carbocycles. The molecule has 1 aliphatic heterocycles. The number of anilines is 2. The summed E-state index contributed by atoms with van der Waals surface area (Å²) < 4.78 is 89.6. The van der Waals surface area contributed by atoms with Gasteiger partial charge in [0.15, 0.2) is 11.5 Å². The molecule has 0 bridgehead atoms. The molecule has 3 atom stereocenters. The molecule has 0 amide bonds. The summed E-state index contributed by atoms with van der Waals surface area (Å²) in [5.41, 5.74) is 1.01. The lowest BCUT2D eigenvalue weighted by Gasteiger charge is -2.44. The van der Waals surface area contributed by atoms with Crippen molar-refractivity contribution in [2.75, 3.05) is 4.90 Å². The molecular weight excluding hydrogens is 516 g/mol. The van der Waals surface area contributed by atoms with Gasteiger partial charge in [-0.25, -0.2) is 17.5 Å². The molecule has 12 heteroatoms. The predicted molar refractivity (Wildman–Crippen MR) is 126 cm³/mol. The molecule has 1 heterocycles. The van der Waals surface area contributed by atoms with Gasteiger partial charge in [-0.2, -0.15) is 0 Å². The van der Waals surface area contributed by atoms with Crippen LogP contribution in [0.5, 0.6) is 17.2 Å². The summed E-state index contributed by atoms with van der Waals surface area (Å²) in [6, 6.07) is 13.4. The lowest BCUT2D eigenvalue weighted by atomic mass is 9.86. The molecule has 2 aliphatic rings. The van der Waals surface area contributed by atoms with Crippen LogP contribution in [0.15, 0.2) is 71.6 Å². The number of nitrogens with one attached hydrogen (secondary N) is 1. The first kappa shape index (κ1) is 25.3. The van der Waals surface area contributed by atoms with Crippen molar-refractivity contribution >= 4 is 21.4 Å². The number of hydrogen-bond acceptors (Lipinski definition) is 6. The van der Waals surface area contributed by atoms with Crippen molar-refractivity contribution in [3.63, 3.8) is 0 Å². The maximum atomic E-state index is 14.2. The fourth-order valence-electron chi connectivity index (χ4n) is 4.77. The van der Waals surface area contributed by atoms with E-state index in [9.17, 15) is 31.1 Å². The number of hydrogen-bond donors (Lipinski definition) is 2. The van der Waals surface area contributed by atoms with E-state index in [1.807, 2.05) is 0 Å². The number of aliphatic hydroxyl groups is 1. The molecule has 1 fully saturated rings. The minimum Gasteiger partial charge on any atom is -0.453 e. The average molecular weight is 539 g/mol. The zero-order chi connectivity index (χ0) is 26.4. The third-order valence-electron chi connectivity index (χ3n) is 6.35. The number of benzene rings is 3. The molecule has 0 radical (unpaired) electrons. The number of fused-ring (bicyclic) bond motifs is 2. The fraction of sp³-hybridized carbons (Fsp3) is 0.280. The van der Waals surface area contributed by atoms with E-state index >= 15 is 0 Å². The Morgan fingerprint density at radius 3 is 2.41 bits per heavy atom. The van der Waals surface area contributed by atoms with Gasteiger partial charge in [-0.1, -0.05) is 12.1 Å². The Labute approximate surface area is 210 Å². The van der Waals surface area contributed by atoms with Gasteiger partial charge in [0, 0.05) is 6.07 Å². The van der Waals surface area contributed by atoms with E-state index in [1.54, 1.807) is 29.2 Å². The van der Waals surface area contributed by atoms with E-state index in [2.05, 4.69) is 9.46 Å². The Hall–Kier alpha value is -3.35. The molecule has 3 aromatic carbocycles. The van der Waals surface area contributed by atoms with Crippen LogP contribution in [0.3, 0.4) is 0 Å². The van der Waals surface area contributed by atoms with Gasteiger partial charge in [0.05, 0.1) is 34.5 Å². The van der Waals surface area contributed by atoms with E-state index < -0.39 is 46.1 Å². The van der Waals surface area contributed by atoms with Gasteiger partial charge in [-0.3, -0.25) is 0 Å². The Bertz CT molecular complexity index is 1400. The van der Waals surface area contributed by atoms with Crippen LogP contribution in [-0.2, 0) is 10.0 Å². The fourth-order valence-corrected chi connectivity index (χ4v) is 6.05. The van der Waals surface area contributed by atoms with Gasteiger partial charge in [0.25, 0.3) is 0 Å². The minimum atomic E-state index is -4.90. The van der Waals surface area contributed by atoms with Crippen molar-refractivity contribution in [2.24, 2.45) is 0 Å².